The van der Waals surface area contributed by atoms with Crippen LogP contribution in [0.1, 0.15) is 6.42 Å². The first-order valence-electron chi connectivity index (χ1n) is 5.76. The molecule has 0 aromatic rings. The van der Waals surface area contributed by atoms with Gasteiger partial charge in [0.1, 0.15) is 17.7 Å². The molecule has 0 fully saturated rings. The molecule has 0 amide bonds. The van der Waals surface area contributed by atoms with Crippen molar-refractivity contribution in [2.45, 2.75) is 24.6 Å². The van der Waals surface area contributed by atoms with Gasteiger partial charge < -0.3 is 9.47 Å². The van der Waals surface area contributed by atoms with Crippen molar-refractivity contribution in [3.8, 4) is 0 Å². The quantitative estimate of drug-likeness (QED) is 0.217. The zero-order valence-electron chi connectivity index (χ0n) is 11.2. The largest absolute Gasteiger partial charge is 0.571 e. The van der Waals surface area contributed by atoms with Crippen molar-refractivity contribution in [2.24, 2.45) is 9.98 Å². The van der Waals surface area contributed by atoms with E-state index in [1.165, 1.54) is 0 Å². The topological polar surface area (TPSA) is 103 Å². The molecule has 0 saturated carbocycles. The highest BCUT2D eigenvalue weighted by Gasteiger charge is 2.46. The summed E-state index contributed by atoms with van der Waals surface area (Å²) < 4.78 is 60.8. The Bertz CT molecular complexity index is 513. The number of hydrogen-bond donors (Lipinski definition) is 0. The molecule has 0 radical (unpaired) electrons. The Labute approximate surface area is 121 Å². The Hall–Kier alpha value is -2.11. The molecule has 0 bridgehead atoms. The smallest absolute Gasteiger partial charge is 0.465 e. The van der Waals surface area contributed by atoms with Crippen molar-refractivity contribution < 1.29 is 36.8 Å². The molecular weight excluding hydrogens is 318 g/mol. The van der Waals surface area contributed by atoms with Crippen molar-refractivity contribution >= 4 is 17.9 Å². The first-order chi connectivity index (χ1) is 10.1. The highest BCUT2D eigenvalue weighted by atomic mass is 19.3. The minimum atomic E-state index is -3.93. The SMILES string of the molecule is COC(=O)C(F)(F)COCC(F)CC1=NC(F)([N+](=O)[O-])N=C1. The number of carbonyl (C=O) groups is 1. The van der Waals surface area contributed by atoms with Gasteiger partial charge in [-0.1, -0.05) is 0 Å². The van der Waals surface area contributed by atoms with Crippen molar-refractivity contribution in [1.82, 2.24) is 0 Å². The van der Waals surface area contributed by atoms with Crippen LogP contribution in [0.2, 0.25) is 0 Å². The van der Waals surface area contributed by atoms with Crippen LogP contribution in [0.25, 0.3) is 0 Å². The second-order valence-corrected chi connectivity index (χ2v) is 4.18. The highest BCUT2D eigenvalue weighted by molar-refractivity contribution is 6.32. The lowest BCUT2D eigenvalue weighted by Crippen LogP contribution is -2.36. The number of alkyl halides is 4. The van der Waals surface area contributed by atoms with E-state index in [0.717, 1.165) is 7.11 Å². The predicted molar refractivity (Wildman–Crippen MR) is 64.1 cm³/mol. The molecule has 8 nitrogen and oxygen atoms in total. The Morgan fingerprint density at radius 3 is 2.73 bits per heavy atom. The summed E-state index contributed by atoms with van der Waals surface area (Å²) in [6, 6.07) is -3.38. The number of halogens is 4. The van der Waals surface area contributed by atoms with Crippen LogP contribution in [-0.2, 0) is 14.3 Å². The van der Waals surface area contributed by atoms with E-state index in [2.05, 4.69) is 19.5 Å². The van der Waals surface area contributed by atoms with Crippen LogP contribution >= 0.6 is 0 Å². The fraction of sp³-hybridized carbons (Fsp3) is 0.700. The third-order valence-electron chi connectivity index (χ3n) is 2.39. The molecule has 0 aromatic heterocycles. The Morgan fingerprint density at radius 2 is 2.23 bits per heavy atom. The summed E-state index contributed by atoms with van der Waals surface area (Å²) in [7, 11) is 0.754. The van der Waals surface area contributed by atoms with Gasteiger partial charge in [-0.3, -0.25) is 10.1 Å². The van der Waals surface area contributed by atoms with Crippen LogP contribution in [0, 0.1) is 10.1 Å². The number of esters is 1. The van der Waals surface area contributed by atoms with Crippen LogP contribution in [0.15, 0.2) is 9.98 Å². The highest BCUT2D eigenvalue weighted by Crippen LogP contribution is 2.21. The van der Waals surface area contributed by atoms with Crippen molar-refractivity contribution in [3.63, 3.8) is 0 Å². The molecule has 1 heterocycles. The van der Waals surface area contributed by atoms with Gasteiger partial charge in [-0.15, -0.1) is 4.39 Å². The van der Waals surface area contributed by atoms with Crippen LogP contribution in [0.5, 0.6) is 0 Å². The summed E-state index contributed by atoms with van der Waals surface area (Å²) in [5, 5.41) is 10.3. The Morgan fingerprint density at radius 1 is 1.59 bits per heavy atom. The zero-order chi connectivity index (χ0) is 17.0. The first kappa shape index (κ1) is 17.9. The fourth-order valence-corrected chi connectivity index (χ4v) is 1.39. The number of hydrogen-bond acceptors (Lipinski definition) is 7. The summed E-state index contributed by atoms with van der Waals surface area (Å²) in [6.45, 7) is -2.25. The molecule has 124 valence electrons. The molecule has 0 aliphatic carbocycles. The van der Waals surface area contributed by atoms with E-state index in [1.54, 1.807) is 0 Å². The van der Waals surface area contributed by atoms with E-state index < -0.39 is 48.7 Å². The molecule has 22 heavy (non-hydrogen) atoms. The van der Waals surface area contributed by atoms with Gasteiger partial charge in [0, 0.05) is 6.42 Å². The second-order valence-electron chi connectivity index (χ2n) is 4.18. The van der Waals surface area contributed by atoms with Crippen LogP contribution < -0.4 is 0 Å². The van der Waals surface area contributed by atoms with Crippen molar-refractivity contribution in [1.29, 1.82) is 0 Å². The third kappa shape index (κ3) is 4.44. The third-order valence-corrected chi connectivity index (χ3v) is 2.39. The van der Waals surface area contributed by atoms with Crippen molar-refractivity contribution in [2.75, 3.05) is 20.3 Å². The summed E-state index contributed by atoms with van der Waals surface area (Å²) in [6.07, 6.45) is -1.83. The lowest BCUT2D eigenvalue weighted by atomic mass is 10.2. The maximum absolute atomic E-state index is 13.4. The number of methoxy groups -OCH3 is 1. The molecule has 1 aliphatic rings. The molecule has 2 unspecified atom stereocenters. The summed E-state index contributed by atoms with van der Waals surface area (Å²) in [4.78, 5) is 25.4. The summed E-state index contributed by atoms with van der Waals surface area (Å²) in [5.41, 5.74) is -0.352. The predicted octanol–water partition coefficient (Wildman–Crippen LogP) is 0.922. The van der Waals surface area contributed by atoms with Crippen molar-refractivity contribution in [3.05, 3.63) is 10.1 Å². The average Bonchev–Trinajstić information content (AvgIpc) is 2.80. The standard InChI is InChI=1S/C10H11F4N3O5/c1-21-8(18)9(12,13)5-22-4-6(11)2-7-3-15-10(14,16-7)17(19)20/h3,6H,2,4-5H2,1H3. The van der Waals surface area contributed by atoms with Gasteiger partial charge in [-0.25, -0.2) is 9.18 Å². The molecule has 1 aliphatic heterocycles. The number of nitro groups is 1. The Kier molecular flexibility index (Phi) is 5.52. The molecule has 0 saturated heterocycles. The van der Waals surface area contributed by atoms with E-state index in [1.807, 2.05) is 0 Å². The number of rotatable bonds is 8. The van der Waals surface area contributed by atoms with Gasteiger partial charge in [-0.05, 0) is 0 Å². The van der Waals surface area contributed by atoms with E-state index in [4.69, 9.17) is 0 Å². The van der Waals surface area contributed by atoms with Crippen LogP contribution in [0.4, 0.5) is 17.6 Å². The minimum absolute atomic E-state index is 0.352. The molecule has 0 spiro atoms. The van der Waals surface area contributed by atoms with Gasteiger partial charge in [0.2, 0.25) is 0 Å². The monoisotopic (exact) mass is 329 g/mol. The maximum Gasteiger partial charge on any atom is 0.571 e. The van der Waals surface area contributed by atoms with E-state index in [-0.39, 0.29) is 5.71 Å². The van der Waals surface area contributed by atoms with E-state index in [0.29, 0.717) is 6.21 Å². The van der Waals surface area contributed by atoms with Crippen LogP contribution in [-0.4, -0.2) is 61.3 Å². The zero-order valence-corrected chi connectivity index (χ0v) is 11.2. The van der Waals surface area contributed by atoms with E-state index in [9.17, 15) is 32.5 Å². The van der Waals surface area contributed by atoms with Gasteiger partial charge in [-0.2, -0.15) is 18.8 Å². The van der Waals surface area contributed by atoms with Gasteiger partial charge >= 0.3 is 17.9 Å². The number of ether oxygens (including phenoxy) is 2. The Balaban J connectivity index is 2.43. The normalized spacial score (nSPS) is 22.3. The molecular formula is C10H11F4N3O5. The number of nitrogens with zero attached hydrogens (tertiary/aromatic N) is 3. The number of aliphatic imine (C=N–C) groups is 2. The molecule has 12 heteroatoms. The van der Waals surface area contributed by atoms with Crippen LogP contribution in [0.3, 0.4) is 0 Å². The van der Waals surface area contributed by atoms with Gasteiger partial charge in [0.05, 0.1) is 25.6 Å². The average molecular weight is 329 g/mol. The second kappa shape index (κ2) is 6.77. The first-order valence-corrected chi connectivity index (χ1v) is 5.76. The maximum atomic E-state index is 13.4. The number of carbonyl (C=O) groups excluding carboxylic acids is 1. The summed E-state index contributed by atoms with van der Waals surface area (Å²) >= 11 is 0. The lowest BCUT2D eigenvalue weighted by Gasteiger charge is -2.14. The summed E-state index contributed by atoms with van der Waals surface area (Å²) in [5.74, 6) is -5.76. The fourth-order valence-electron chi connectivity index (χ4n) is 1.39. The minimum Gasteiger partial charge on any atom is -0.465 e. The molecule has 1 rings (SSSR count). The van der Waals surface area contributed by atoms with Gasteiger partial charge in [0.15, 0.2) is 0 Å². The molecule has 0 aromatic carbocycles. The lowest BCUT2D eigenvalue weighted by molar-refractivity contribution is -0.600. The van der Waals surface area contributed by atoms with E-state index >= 15 is 0 Å². The molecule has 0 N–H and O–H groups in total. The van der Waals surface area contributed by atoms with Gasteiger partial charge in [0.25, 0.3) is 0 Å². The molecule has 2 atom stereocenters.